The maximum atomic E-state index is 12.6. The van der Waals surface area contributed by atoms with E-state index in [2.05, 4.69) is 0 Å². The molecule has 0 radical (unpaired) electrons. The van der Waals surface area contributed by atoms with Crippen LogP contribution in [0, 0.1) is 0 Å². The molecule has 1 fully saturated rings. The molecule has 106 valence electrons. The molecule has 0 bridgehead atoms. The largest absolute Gasteiger partial charge is 0.477 e. The van der Waals surface area contributed by atoms with E-state index in [-0.39, 0.29) is 15.8 Å². The number of hydrogen-bond donors (Lipinski definition) is 1. The van der Waals surface area contributed by atoms with Crippen LogP contribution in [0.25, 0.3) is 0 Å². The monoisotopic (exact) mass is 303 g/mol. The number of nitrogens with zero attached hydrogens (tertiary/aromatic N) is 1. The summed E-state index contributed by atoms with van der Waals surface area (Å²) in [6.45, 7) is 2.48. The highest BCUT2D eigenvalue weighted by atomic mass is 32.2. The Balaban J connectivity index is 2.33. The Morgan fingerprint density at radius 2 is 2.21 bits per heavy atom. The van der Waals surface area contributed by atoms with Crippen molar-refractivity contribution in [3.63, 3.8) is 0 Å². The molecule has 1 heterocycles. The standard InChI is InChI=1S/C12H17NO4S2/c1-2-3-7-13(9-4-5-9)19(16,17)10-6-8-18-11(10)12(14)15/h6,8-9H,2-5,7H2,1H3,(H,14,15). The van der Waals surface area contributed by atoms with Crippen LogP contribution in [0.15, 0.2) is 16.3 Å². The highest BCUT2D eigenvalue weighted by Gasteiger charge is 2.39. The summed E-state index contributed by atoms with van der Waals surface area (Å²) in [6, 6.07) is 1.45. The minimum atomic E-state index is -3.68. The highest BCUT2D eigenvalue weighted by Crippen LogP contribution is 2.34. The number of rotatable bonds is 7. The Morgan fingerprint density at radius 1 is 1.53 bits per heavy atom. The first-order valence-corrected chi connectivity index (χ1v) is 8.63. The molecule has 2 rings (SSSR count). The first-order valence-electron chi connectivity index (χ1n) is 6.31. The summed E-state index contributed by atoms with van der Waals surface area (Å²) in [7, 11) is -3.68. The lowest BCUT2D eigenvalue weighted by Crippen LogP contribution is -2.34. The lowest BCUT2D eigenvalue weighted by Gasteiger charge is -2.21. The molecule has 0 aromatic carbocycles. The highest BCUT2D eigenvalue weighted by molar-refractivity contribution is 7.89. The molecular formula is C12H17NO4S2. The van der Waals surface area contributed by atoms with E-state index >= 15 is 0 Å². The van der Waals surface area contributed by atoms with Crippen molar-refractivity contribution < 1.29 is 18.3 Å². The van der Waals surface area contributed by atoms with Crippen LogP contribution in [0.1, 0.15) is 42.3 Å². The second-order valence-electron chi connectivity index (χ2n) is 4.62. The maximum Gasteiger partial charge on any atom is 0.347 e. The summed E-state index contributed by atoms with van der Waals surface area (Å²) in [6.07, 6.45) is 3.45. The number of aromatic carboxylic acids is 1. The summed E-state index contributed by atoms with van der Waals surface area (Å²) in [5, 5.41) is 10.6. The average Bonchev–Trinajstić information content (AvgIpc) is 3.04. The van der Waals surface area contributed by atoms with Crippen molar-refractivity contribution in [2.45, 2.75) is 43.5 Å². The summed E-state index contributed by atoms with van der Waals surface area (Å²) in [5.74, 6) is -1.18. The second kappa shape index (κ2) is 5.60. The first-order chi connectivity index (χ1) is 8.98. The van der Waals surface area contributed by atoms with Crippen molar-refractivity contribution in [3.8, 4) is 0 Å². The number of hydrogen-bond acceptors (Lipinski definition) is 4. The third kappa shape index (κ3) is 2.98. The van der Waals surface area contributed by atoms with Gasteiger partial charge in [0.05, 0.1) is 0 Å². The first kappa shape index (κ1) is 14.5. The lowest BCUT2D eigenvalue weighted by atomic mass is 10.3. The van der Waals surface area contributed by atoms with Crippen molar-refractivity contribution in [2.75, 3.05) is 6.54 Å². The molecule has 1 aliphatic rings. The average molecular weight is 303 g/mol. The molecule has 0 unspecified atom stereocenters. The Morgan fingerprint density at radius 3 is 2.74 bits per heavy atom. The molecular weight excluding hydrogens is 286 g/mol. The topological polar surface area (TPSA) is 74.7 Å². The molecule has 1 saturated carbocycles. The zero-order valence-corrected chi connectivity index (χ0v) is 12.3. The third-order valence-electron chi connectivity index (χ3n) is 3.10. The molecule has 1 aliphatic carbocycles. The molecule has 19 heavy (non-hydrogen) atoms. The summed E-state index contributed by atoms with van der Waals surface area (Å²) >= 11 is 0.953. The van der Waals surface area contributed by atoms with Gasteiger partial charge in [-0.1, -0.05) is 13.3 Å². The Hall–Kier alpha value is -0.920. The van der Waals surface area contributed by atoms with Gasteiger partial charge in [-0.15, -0.1) is 11.3 Å². The fraction of sp³-hybridized carbons (Fsp3) is 0.583. The Labute approximate surface area is 116 Å². The summed E-state index contributed by atoms with van der Waals surface area (Å²) in [4.78, 5) is 10.9. The van der Waals surface area contributed by atoms with Crippen LogP contribution in [0.2, 0.25) is 0 Å². The van der Waals surface area contributed by atoms with Crippen LogP contribution in [-0.2, 0) is 10.0 Å². The van der Waals surface area contributed by atoms with Gasteiger partial charge in [0.15, 0.2) is 0 Å². The number of unbranched alkanes of at least 4 members (excludes halogenated alkanes) is 1. The van der Waals surface area contributed by atoms with Crippen molar-refractivity contribution in [3.05, 3.63) is 16.3 Å². The van der Waals surface area contributed by atoms with Crippen LogP contribution in [0.4, 0.5) is 0 Å². The zero-order valence-electron chi connectivity index (χ0n) is 10.7. The van der Waals surface area contributed by atoms with Gasteiger partial charge in [-0.2, -0.15) is 4.31 Å². The van der Waals surface area contributed by atoms with Gasteiger partial charge in [0.1, 0.15) is 9.77 Å². The van der Waals surface area contributed by atoms with Gasteiger partial charge in [0.2, 0.25) is 10.0 Å². The van der Waals surface area contributed by atoms with Gasteiger partial charge in [-0.05, 0) is 30.7 Å². The molecule has 7 heteroatoms. The van der Waals surface area contributed by atoms with Gasteiger partial charge in [-0.25, -0.2) is 13.2 Å². The molecule has 5 nitrogen and oxygen atoms in total. The van der Waals surface area contributed by atoms with E-state index in [4.69, 9.17) is 5.11 Å². The smallest absolute Gasteiger partial charge is 0.347 e. The predicted octanol–water partition coefficient (Wildman–Crippen LogP) is 2.40. The molecule has 1 N–H and O–H groups in total. The maximum absolute atomic E-state index is 12.6. The fourth-order valence-electron chi connectivity index (χ4n) is 1.96. The zero-order chi connectivity index (χ0) is 14.0. The molecule has 0 amide bonds. The molecule has 0 atom stereocenters. The summed E-state index contributed by atoms with van der Waals surface area (Å²) in [5.41, 5.74) is 0. The van der Waals surface area contributed by atoms with Gasteiger partial charge in [0, 0.05) is 12.6 Å². The number of carboxylic acid groups (broad SMARTS) is 1. The molecule has 0 spiro atoms. The van der Waals surface area contributed by atoms with Gasteiger partial charge < -0.3 is 5.11 Å². The molecule has 1 aromatic rings. The van der Waals surface area contributed by atoms with Crippen molar-refractivity contribution >= 4 is 27.3 Å². The van der Waals surface area contributed by atoms with Gasteiger partial charge in [-0.3, -0.25) is 0 Å². The Bertz CT molecular complexity index is 560. The van der Waals surface area contributed by atoms with Crippen molar-refractivity contribution in [1.29, 1.82) is 0 Å². The van der Waals surface area contributed by atoms with E-state index in [1.807, 2.05) is 6.92 Å². The fourth-order valence-corrected chi connectivity index (χ4v) is 4.92. The quantitative estimate of drug-likeness (QED) is 0.839. The van der Waals surface area contributed by atoms with E-state index in [1.54, 1.807) is 0 Å². The number of thiophene rings is 1. The Kier molecular flexibility index (Phi) is 4.27. The van der Waals surface area contributed by atoms with Crippen molar-refractivity contribution in [1.82, 2.24) is 4.31 Å². The van der Waals surface area contributed by atoms with Crippen molar-refractivity contribution in [2.24, 2.45) is 0 Å². The van der Waals surface area contributed by atoms with E-state index in [9.17, 15) is 13.2 Å². The SMILES string of the molecule is CCCCN(C1CC1)S(=O)(=O)c1ccsc1C(=O)O. The van der Waals surface area contributed by atoms with Gasteiger partial charge >= 0.3 is 5.97 Å². The molecule has 1 aromatic heterocycles. The van der Waals surface area contributed by atoms with Crippen LogP contribution >= 0.6 is 11.3 Å². The normalized spacial score (nSPS) is 15.9. The van der Waals surface area contributed by atoms with Crippen LogP contribution < -0.4 is 0 Å². The third-order valence-corrected chi connectivity index (χ3v) is 6.12. The minimum Gasteiger partial charge on any atom is -0.477 e. The number of carbonyl (C=O) groups is 1. The number of carboxylic acids is 1. The molecule has 0 aliphatic heterocycles. The number of sulfonamides is 1. The van der Waals surface area contributed by atoms with Gasteiger partial charge in [0.25, 0.3) is 0 Å². The van der Waals surface area contributed by atoms with Crippen LogP contribution in [0.3, 0.4) is 0 Å². The lowest BCUT2D eigenvalue weighted by molar-refractivity contribution is 0.0698. The predicted molar refractivity (Wildman–Crippen MR) is 73.1 cm³/mol. The molecule has 0 saturated heterocycles. The van der Waals surface area contributed by atoms with E-state index in [0.717, 1.165) is 37.0 Å². The minimum absolute atomic E-state index is 0.0538. The van der Waals surface area contributed by atoms with E-state index in [0.29, 0.717) is 6.54 Å². The van der Waals surface area contributed by atoms with E-state index < -0.39 is 16.0 Å². The van der Waals surface area contributed by atoms with Crippen LogP contribution in [0.5, 0.6) is 0 Å². The summed E-state index contributed by atoms with van der Waals surface area (Å²) < 4.78 is 26.6. The van der Waals surface area contributed by atoms with Crippen LogP contribution in [-0.4, -0.2) is 36.4 Å². The second-order valence-corrected chi connectivity index (χ2v) is 7.39. The van der Waals surface area contributed by atoms with E-state index in [1.165, 1.54) is 15.8 Å².